The van der Waals surface area contributed by atoms with E-state index in [-0.39, 0.29) is 11.2 Å². The summed E-state index contributed by atoms with van der Waals surface area (Å²) in [5.41, 5.74) is 1.22. The van der Waals surface area contributed by atoms with Crippen LogP contribution in [0.1, 0.15) is 18.9 Å². The zero-order chi connectivity index (χ0) is 17.5. The highest BCUT2D eigenvalue weighted by molar-refractivity contribution is 8.00. The number of aromatic nitrogens is 2. The number of nitrogens with zero attached hydrogens (tertiary/aromatic N) is 4. The second-order valence-electron chi connectivity index (χ2n) is 6.24. The van der Waals surface area contributed by atoms with Crippen molar-refractivity contribution in [3.8, 4) is 0 Å². The topological polar surface area (TPSA) is 49.3 Å². The molecule has 5 nitrogen and oxygen atoms in total. The molecule has 1 saturated heterocycles. The van der Waals surface area contributed by atoms with E-state index in [1.807, 2.05) is 42.3 Å². The monoisotopic (exact) mass is 356 g/mol. The van der Waals surface area contributed by atoms with Crippen molar-refractivity contribution in [3.63, 3.8) is 0 Å². The van der Waals surface area contributed by atoms with Gasteiger partial charge < -0.3 is 4.90 Å². The molecule has 0 radical (unpaired) electrons. The van der Waals surface area contributed by atoms with Crippen molar-refractivity contribution in [1.29, 1.82) is 0 Å². The second kappa shape index (κ2) is 8.97. The number of hydrogen-bond acceptors (Lipinski definition) is 5. The van der Waals surface area contributed by atoms with Crippen LogP contribution in [0.4, 0.5) is 0 Å². The second-order valence-corrected chi connectivity index (χ2v) is 7.61. The van der Waals surface area contributed by atoms with Crippen LogP contribution in [0.5, 0.6) is 0 Å². The van der Waals surface area contributed by atoms with Gasteiger partial charge in [-0.25, -0.2) is 4.98 Å². The first kappa shape index (κ1) is 17.9. The molecular weight excluding hydrogens is 332 g/mol. The van der Waals surface area contributed by atoms with Gasteiger partial charge in [0.05, 0.1) is 10.3 Å². The largest absolute Gasteiger partial charge is 0.340 e. The summed E-state index contributed by atoms with van der Waals surface area (Å²) < 4.78 is 0. The van der Waals surface area contributed by atoms with E-state index in [4.69, 9.17) is 0 Å². The molecule has 0 N–H and O–H groups in total. The Balaban J connectivity index is 1.52. The van der Waals surface area contributed by atoms with Gasteiger partial charge in [-0.3, -0.25) is 14.7 Å². The Hall–Kier alpha value is -1.92. The fourth-order valence-corrected chi connectivity index (χ4v) is 3.90. The zero-order valence-corrected chi connectivity index (χ0v) is 15.4. The van der Waals surface area contributed by atoms with E-state index < -0.39 is 0 Å². The third kappa shape index (κ3) is 5.28. The van der Waals surface area contributed by atoms with Crippen molar-refractivity contribution in [1.82, 2.24) is 19.8 Å². The molecule has 132 valence electrons. The molecule has 1 fully saturated rings. The summed E-state index contributed by atoms with van der Waals surface area (Å²) in [7, 11) is 0. The van der Waals surface area contributed by atoms with Crippen LogP contribution >= 0.6 is 11.8 Å². The summed E-state index contributed by atoms with van der Waals surface area (Å²) in [5, 5.41) is 0.788. The maximum Gasteiger partial charge on any atom is 0.235 e. The van der Waals surface area contributed by atoms with E-state index in [9.17, 15) is 4.79 Å². The van der Waals surface area contributed by atoms with Crippen LogP contribution in [0.3, 0.4) is 0 Å². The molecule has 25 heavy (non-hydrogen) atoms. The van der Waals surface area contributed by atoms with Crippen LogP contribution in [-0.4, -0.2) is 57.1 Å². The van der Waals surface area contributed by atoms with Crippen molar-refractivity contribution in [2.75, 3.05) is 26.2 Å². The molecule has 1 amide bonds. The Morgan fingerprint density at radius 1 is 1.16 bits per heavy atom. The Morgan fingerprint density at radius 3 is 2.84 bits per heavy atom. The normalized spacial score (nSPS) is 17.1. The molecule has 0 saturated carbocycles. The van der Waals surface area contributed by atoms with Gasteiger partial charge in [-0.1, -0.05) is 23.9 Å². The van der Waals surface area contributed by atoms with E-state index in [2.05, 4.69) is 20.9 Å². The van der Waals surface area contributed by atoms with E-state index in [0.717, 1.165) is 44.2 Å². The number of carbonyl (C=O) groups is 1. The summed E-state index contributed by atoms with van der Waals surface area (Å²) in [4.78, 5) is 25.7. The van der Waals surface area contributed by atoms with Crippen molar-refractivity contribution < 1.29 is 4.79 Å². The lowest BCUT2D eigenvalue weighted by molar-refractivity contribution is -0.130. The highest BCUT2D eigenvalue weighted by atomic mass is 32.2. The van der Waals surface area contributed by atoms with Crippen molar-refractivity contribution >= 4 is 17.7 Å². The molecule has 1 aliphatic rings. The van der Waals surface area contributed by atoms with Gasteiger partial charge in [0, 0.05) is 51.3 Å². The van der Waals surface area contributed by atoms with Crippen LogP contribution in [0.15, 0.2) is 53.9 Å². The van der Waals surface area contributed by atoms with E-state index in [0.29, 0.717) is 0 Å². The molecule has 2 aromatic rings. The highest BCUT2D eigenvalue weighted by Gasteiger charge is 2.24. The molecule has 0 unspecified atom stereocenters. The standard InChI is InChI=1S/C19H24N4OS/c1-16(25-18-7-2-3-9-21-18)19(24)23-11-5-10-22(12-13-23)15-17-6-4-8-20-14-17/h2-4,6-9,14,16H,5,10-13,15H2,1H3/t16-/m0/s1. The van der Waals surface area contributed by atoms with Crippen LogP contribution in [0, 0.1) is 0 Å². The average molecular weight is 356 g/mol. The molecule has 6 heteroatoms. The fraction of sp³-hybridized carbons (Fsp3) is 0.421. The van der Waals surface area contributed by atoms with Gasteiger partial charge in [0.15, 0.2) is 0 Å². The van der Waals surface area contributed by atoms with Gasteiger partial charge in [-0.2, -0.15) is 0 Å². The summed E-state index contributed by atoms with van der Waals surface area (Å²) in [6, 6.07) is 9.87. The quantitative estimate of drug-likeness (QED) is 0.771. The molecule has 0 bridgehead atoms. The number of rotatable bonds is 5. The molecule has 1 atom stereocenters. The first-order chi connectivity index (χ1) is 12.2. The molecule has 3 rings (SSSR count). The third-order valence-corrected chi connectivity index (χ3v) is 5.35. The SMILES string of the molecule is C[C@H](Sc1ccccn1)C(=O)N1CCCN(Cc2cccnc2)CC1. The summed E-state index contributed by atoms with van der Waals surface area (Å²) in [6.45, 7) is 6.40. The molecule has 1 aliphatic heterocycles. The Kier molecular flexibility index (Phi) is 6.42. The molecule has 3 heterocycles. The zero-order valence-electron chi connectivity index (χ0n) is 14.5. The maximum absolute atomic E-state index is 12.8. The van der Waals surface area contributed by atoms with E-state index in [1.165, 1.54) is 17.3 Å². The van der Waals surface area contributed by atoms with Crippen LogP contribution < -0.4 is 0 Å². The molecular formula is C19H24N4OS. The highest BCUT2D eigenvalue weighted by Crippen LogP contribution is 2.22. The van der Waals surface area contributed by atoms with Gasteiger partial charge in [0.25, 0.3) is 0 Å². The number of pyridine rings is 2. The van der Waals surface area contributed by atoms with Gasteiger partial charge >= 0.3 is 0 Å². The lowest BCUT2D eigenvalue weighted by Gasteiger charge is -2.24. The number of amides is 1. The third-order valence-electron chi connectivity index (χ3n) is 4.31. The molecule has 0 aliphatic carbocycles. The van der Waals surface area contributed by atoms with Crippen molar-refractivity contribution in [3.05, 3.63) is 54.5 Å². The first-order valence-electron chi connectivity index (χ1n) is 8.70. The Morgan fingerprint density at radius 2 is 2.08 bits per heavy atom. The summed E-state index contributed by atoms with van der Waals surface area (Å²) >= 11 is 1.53. The van der Waals surface area contributed by atoms with Crippen LogP contribution in [0.25, 0.3) is 0 Å². The molecule has 2 aromatic heterocycles. The van der Waals surface area contributed by atoms with Gasteiger partial charge in [-0.05, 0) is 37.1 Å². The number of carbonyl (C=O) groups excluding carboxylic acids is 1. The van der Waals surface area contributed by atoms with Crippen LogP contribution in [-0.2, 0) is 11.3 Å². The minimum atomic E-state index is -0.111. The van der Waals surface area contributed by atoms with Crippen molar-refractivity contribution in [2.24, 2.45) is 0 Å². The van der Waals surface area contributed by atoms with E-state index in [1.54, 1.807) is 12.4 Å². The predicted octanol–water partition coefficient (Wildman–Crippen LogP) is 2.69. The predicted molar refractivity (Wildman–Crippen MR) is 100 cm³/mol. The Bertz CT molecular complexity index is 668. The average Bonchev–Trinajstić information content (AvgIpc) is 2.88. The van der Waals surface area contributed by atoms with Gasteiger partial charge in [0.2, 0.25) is 5.91 Å². The van der Waals surface area contributed by atoms with Gasteiger partial charge in [-0.15, -0.1) is 0 Å². The fourth-order valence-electron chi connectivity index (χ4n) is 3.00. The number of thioether (sulfide) groups is 1. The Labute approximate surface area is 153 Å². The smallest absolute Gasteiger partial charge is 0.235 e. The minimum Gasteiger partial charge on any atom is -0.340 e. The first-order valence-corrected chi connectivity index (χ1v) is 9.58. The summed E-state index contributed by atoms with van der Waals surface area (Å²) in [5.74, 6) is 0.207. The summed E-state index contributed by atoms with van der Waals surface area (Å²) in [6.07, 6.45) is 6.49. The van der Waals surface area contributed by atoms with Crippen LogP contribution in [0.2, 0.25) is 0 Å². The number of hydrogen-bond donors (Lipinski definition) is 0. The maximum atomic E-state index is 12.8. The lowest BCUT2D eigenvalue weighted by Crippen LogP contribution is -2.39. The lowest BCUT2D eigenvalue weighted by atomic mass is 10.2. The molecule has 0 aromatic carbocycles. The minimum absolute atomic E-state index is 0.111. The van der Waals surface area contributed by atoms with Gasteiger partial charge in [0.1, 0.15) is 0 Å². The van der Waals surface area contributed by atoms with E-state index >= 15 is 0 Å². The molecule has 0 spiro atoms. The van der Waals surface area contributed by atoms with Crippen molar-refractivity contribution in [2.45, 2.75) is 30.2 Å².